The molecule has 0 aliphatic carbocycles. The van der Waals surface area contributed by atoms with E-state index in [-0.39, 0.29) is 26.9 Å². The third-order valence-electron chi connectivity index (χ3n) is 2.49. The summed E-state index contributed by atoms with van der Waals surface area (Å²) >= 11 is 3.02. The Morgan fingerprint density at radius 1 is 1.05 bits per heavy atom. The summed E-state index contributed by atoms with van der Waals surface area (Å²) in [7, 11) is 0. The Balaban J connectivity index is 2.72. The van der Waals surface area contributed by atoms with Crippen molar-refractivity contribution in [2.45, 2.75) is 0 Å². The number of rotatable bonds is 1. The molecule has 0 saturated carbocycles. The third-order valence-corrected chi connectivity index (χ3v) is 3.09. The van der Waals surface area contributed by atoms with E-state index in [0.717, 1.165) is 12.1 Å². The topological polar surface area (TPSA) is 44.0 Å². The largest absolute Gasteiger partial charge is 0.506 e. The van der Waals surface area contributed by atoms with Crippen LogP contribution in [0.3, 0.4) is 0 Å². The molecule has 0 fully saturated rings. The maximum Gasteiger partial charge on any atom is 0.194 e. The van der Waals surface area contributed by atoms with Crippen LogP contribution in [0.25, 0.3) is 11.1 Å². The molecule has 0 radical (unpaired) electrons. The smallest absolute Gasteiger partial charge is 0.194 e. The zero-order chi connectivity index (χ0) is 14.2. The molecule has 2 rings (SSSR count). The zero-order valence-electron chi connectivity index (χ0n) is 9.22. The van der Waals surface area contributed by atoms with E-state index in [1.54, 1.807) is 0 Å². The normalized spacial score (nSPS) is 10.3. The molecule has 96 valence electrons. The molecule has 0 aliphatic rings. The summed E-state index contributed by atoms with van der Waals surface area (Å²) in [5.41, 5.74) is 0.153. The molecule has 0 unspecified atom stereocenters. The first-order valence-corrected chi connectivity index (χ1v) is 5.81. The first-order chi connectivity index (χ1) is 8.93. The van der Waals surface area contributed by atoms with E-state index in [1.165, 1.54) is 12.1 Å². The summed E-state index contributed by atoms with van der Waals surface area (Å²) in [6.07, 6.45) is 0. The lowest BCUT2D eigenvalue weighted by Crippen LogP contribution is -1.93. The lowest BCUT2D eigenvalue weighted by atomic mass is 10.0. The van der Waals surface area contributed by atoms with E-state index in [1.807, 2.05) is 6.07 Å². The van der Waals surface area contributed by atoms with E-state index < -0.39 is 17.5 Å². The lowest BCUT2D eigenvalue weighted by molar-refractivity contribution is 0.447. The minimum Gasteiger partial charge on any atom is -0.506 e. The van der Waals surface area contributed by atoms with Crippen molar-refractivity contribution in [1.82, 2.24) is 0 Å². The zero-order valence-corrected chi connectivity index (χ0v) is 10.8. The molecule has 0 atom stereocenters. The van der Waals surface area contributed by atoms with Gasteiger partial charge in [-0.1, -0.05) is 0 Å². The number of nitriles is 1. The van der Waals surface area contributed by atoms with Crippen molar-refractivity contribution in [2.24, 2.45) is 0 Å². The molecule has 0 spiro atoms. The van der Waals surface area contributed by atoms with Gasteiger partial charge in [-0.3, -0.25) is 0 Å². The fourth-order valence-corrected chi connectivity index (χ4v) is 2.05. The van der Waals surface area contributed by atoms with Gasteiger partial charge in [-0.05, 0) is 45.8 Å². The predicted octanol–water partition coefficient (Wildman–Crippen LogP) is 4.11. The molecular formula is C13H5BrF3NO. The molecule has 2 aromatic rings. The average Bonchev–Trinajstić information content (AvgIpc) is 2.38. The number of aromatic hydroxyl groups is 1. The van der Waals surface area contributed by atoms with Crippen LogP contribution in [0.15, 0.2) is 28.7 Å². The lowest BCUT2D eigenvalue weighted by Gasteiger charge is -2.08. The Labute approximate surface area is 114 Å². The van der Waals surface area contributed by atoms with Crippen molar-refractivity contribution in [3.8, 4) is 22.9 Å². The molecule has 0 saturated heterocycles. The highest BCUT2D eigenvalue weighted by molar-refractivity contribution is 9.10. The fraction of sp³-hybridized carbons (Fsp3) is 0. The van der Waals surface area contributed by atoms with Crippen LogP contribution in [-0.2, 0) is 0 Å². The van der Waals surface area contributed by atoms with Gasteiger partial charge in [-0.15, -0.1) is 0 Å². The van der Waals surface area contributed by atoms with Gasteiger partial charge in [-0.25, -0.2) is 13.2 Å². The minimum absolute atomic E-state index is 0.0312. The minimum atomic E-state index is -1.58. The van der Waals surface area contributed by atoms with Gasteiger partial charge in [0.15, 0.2) is 17.5 Å². The van der Waals surface area contributed by atoms with E-state index >= 15 is 0 Å². The van der Waals surface area contributed by atoms with Crippen molar-refractivity contribution in [3.63, 3.8) is 0 Å². The predicted molar refractivity (Wildman–Crippen MR) is 65.8 cm³/mol. The van der Waals surface area contributed by atoms with Crippen LogP contribution in [-0.4, -0.2) is 5.11 Å². The third kappa shape index (κ3) is 2.42. The highest BCUT2D eigenvalue weighted by atomic mass is 79.9. The molecule has 1 N–H and O–H groups in total. The van der Waals surface area contributed by atoms with Gasteiger partial charge in [0.2, 0.25) is 0 Å². The van der Waals surface area contributed by atoms with Gasteiger partial charge in [-0.2, -0.15) is 5.26 Å². The summed E-state index contributed by atoms with van der Waals surface area (Å²) in [4.78, 5) is 0. The summed E-state index contributed by atoms with van der Waals surface area (Å²) in [6.45, 7) is 0. The van der Waals surface area contributed by atoms with E-state index in [9.17, 15) is 18.3 Å². The monoisotopic (exact) mass is 327 g/mol. The number of phenols is 1. The standard InChI is InChI=1S/C13H5BrF3NO/c14-9-2-6(5-18)1-8(13(9)19)7-3-10(15)12(17)11(16)4-7/h1-4,19H. The van der Waals surface area contributed by atoms with E-state index in [2.05, 4.69) is 15.9 Å². The van der Waals surface area contributed by atoms with Crippen molar-refractivity contribution >= 4 is 15.9 Å². The first-order valence-electron chi connectivity index (χ1n) is 5.01. The SMILES string of the molecule is N#Cc1cc(Br)c(O)c(-c2cc(F)c(F)c(F)c2)c1. The number of benzene rings is 2. The molecule has 0 aromatic heterocycles. The molecule has 0 bridgehead atoms. The second-order valence-electron chi connectivity index (χ2n) is 3.72. The number of phenolic OH excluding ortho intramolecular Hbond substituents is 1. The molecule has 0 heterocycles. The molecule has 2 aromatic carbocycles. The quantitative estimate of drug-likeness (QED) is 0.801. The van der Waals surface area contributed by atoms with Crippen LogP contribution in [0.2, 0.25) is 0 Å². The summed E-state index contributed by atoms with van der Waals surface area (Å²) in [6, 6.07) is 5.96. The van der Waals surface area contributed by atoms with Gasteiger partial charge in [0, 0.05) is 5.56 Å². The average molecular weight is 328 g/mol. The van der Waals surface area contributed by atoms with Gasteiger partial charge >= 0.3 is 0 Å². The number of nitrogens with zero attached hydrogens (tertiary/aromatic N) is 1. The molecule has 19 heavy (non-hydrogen) atoms. The van der Waals surface area contributed by atoms with Crippen molar-refractivity contribution < 1.29 is 18.3 Å². The van der Waals surface area contributed by atoms with E-state index in [4.69, 9.17) is 5.26 Å². The maximum atomic E-state index is 13.2. The Morgan fingerprint density at radius 3 is 2.16 bits per heavy atom. The van der Waals surface area contributed by atoms with Crippen LogP contribution in [0.5, 0.6) is 5.75 Å². The second kappa shape index (κ2) is 4.94. The van der Waals surface area contributed by atoms with Crippen LogP contribution in [0, 0.1) is 28.8 Å². The van der Waals surface area contributed by atoms with Crippen molar-refractivity contribution in [2.75, 3.05) is 0 Å². The highest BCUT2D eigenvalue weighted by Crippen LogP contribution is 2.37. The fourth-order valence-electron chi connectivity index (χ4n) is 1.59. The van der Waals surface area contributed by atoms with Gasteiger partial charge < -0.3 is 5.11 Å². The Hall–Kier alpha value is -2.00. The van der Waals surface area contributed by atoms with Gasteiger partial charge in [0.1, 0.15) is 5.75 Å². The maximum absolute atomic E-state index is 13.2. The Kier molecular flexibility index (Phi) is 3.49. The number of hydrogen-bond acceptors (Lipinski definition) is 2. The summed E-state index contributed by atoms with van der Waals surface area (Å²) in [5.74, 6) is -4.61. The summed E-state index contributed by atoms with van der Waals surface area (Å²) in [5, 5.41) is 18.6. The van der Waals surface area contributed by atoms with Crippen LogP contribution < -0.4 is 0 Å². The van der Waals surface area contributed by atoms with Gasteiger partial charge in [0.05, 0.1) is 16.1 Å². The van der Waals surface area contributed by atoms with Crippen LogP contribution in [0.4, 0.5) is 13.2 Å². The highest BCUT2D eigenvalue weighted by Gasteiger charge is 2.16. The molecule has 2 nitrogen and oxygen atoms in total. The first kappa shape index (κ1) is 13.4. The van der Waals surface area contributed by atoms with Crippen LogP contribution >= 0.6 is 15.9 Å². The number of halogens is 4. The second-order valence-corrected chi connectivity index (χ2v) is 4.57. The molecular weight excluding hydrogens is 323 g/mol. The molecule has 6 heteroatoms. The van der Waals surface area contributed by atoms with Crippen molar-refractivity contribution in [1.29, 1.82) is 5.26 Å². The Bertz CT molecular complexity index is 687. The summed E-state index contributed by atoms with van der Waals surface area (Å²) < 4.78 is 39.4. The number of hydrogen-bond donors (Lipinski definition) is 1. The van der Waals surface area contributed by atoms with Crippen molar-refractivity contribution in [3.05, 3.63) is 51.8 Å². The molecule has 0 aliphatic heterocycles. The van der Waals surface area contributed by atoms with Crippen LogP contribution in [0.1, 0.15) is 5.56 Å². The Morgan fingerprint density at radius 2 is 1.63 bits per heavy atom. The van der Waals surface area contributed by atoms with Gasteiger partial charge in [0.25, 0.3) is 0 Å². The van der Waals surface area contributed by atoms with E-state index in [0.29, 0.717) is 0 Å². The molecule has 0 amide bonds.